The predicted molar refractivity (Wildman–Crippen MR) is 385 cm³/mol. The Morgan fingerprint density at radius 3 is 1.20 bits per heavy atom. The summed E-state index contributed by atoms with van der Waals surface area (Å²) in [5.41, 5.74) is 5.01. The highest BCUT2D eigenvalue weighted by molar-refractivity contribution is 6.64. The van der Waals surface area contributed by atoms with Gasteiger partial charge in [-0.15, -0.1) is 0 Å². The summed E-state index contributed by atoms with van der Waals surface area (Å²) in [6.45, 7) is 23.7. The second-order valence-corrected chi connectivity index (χ2v) is 29.5. The number of hydrogen-bond donors (Lipinski definition) is 5. The summed E-state index contributed by atoms with van der Waals surface area (Å²) in [5.74, 6) is 0.0495. The Morgan fingerprint density at radius 1 is 0.525 bits per heavy atom. The van der Waals surface area contributed by atoms with Gasteiger partial charge in [-0.1, -0.05) is 149 Å². The Balaban J connectivity index is 0.000000233. The molecule has 6 atom stereocenters. The van der Waals surface area contributed by atoms with Gasteiger partial charge in [0.05, 0.1) is 42.1 Å². The van der Waals surface area contributed by atoms with Crippen LogP contribution in [0.3, 0.4) is 0 Å². The van der Waals surface area contributed by atoms with Crippen LogP contribution in [0.2, 0.25) is 0 Å². The molecule has 6 aromatic carbocycles. The molecule has 2 saturated carbocycles. The Labute approximate surface area is 599 Å². The van der Waals surface area contributed by atoms with Gasteiger partial charge in [0.25, 0.3) is 0 Å². The molecule has 101 heavy (non-hydrogen) atoms. The number of aliphatic hydroxyl groups is 1. The third kappa shape index (κ3) is 25.6. The molecule has 2 amide bonds. The molecule has 2 saturated heterocycles. The van der Waals surface area contributed by atoms with Gasteiger partial charge in [-0.2, -0.15) is 0 Å². The number of carbonyl (C=O) groups excluding carboxylic acids is 6. The lowest BCUT2D eigenvalue weighted by Gasteiger charge is -2.29. The molecular weight excluding hydrogens is 1310 g/mol. The Morgan fingerprint density at radius 2 is 0.871 bits per heavy atom. The summed E-state index contributed by atoms with van der Waals surface area (Å²) in [6.07, 6.45) is 1.47. The molecular formula is C80H101ClN4O16. The summed E-state index contributed by atoms with van der Waals surface area (Å²) >= 11 is 5.22. The van der Waals surface area contributed by atoms with Crippen LogP contribution in [0.15, 0.2) is 146 Å². The van der Waals surface area contributed by atoms with Crippen molar-refractivity contribution < 1.29 is 76.5 Å². The molecule has 0 radical (unpaired) electrons. The number of carbonyl (C=O) groups is 6. The zero-order valence-corrected chi connectivity index (χ0v) is 60.8. The van der Waals surface area contributed by atoms with Crippen LogP contribution < -0.4 is 40.2 Å². The van der Waals surface area contributed by atoms with Crippen LogP contribution in [0.5, 0.6) is 23.0 Å². The molecule has 20 nitrogen and oxygen atoms in total. The lowest BCUT2D eigenvalue weighted by Crippen LogP contribution is -2.53. The quantitative estimate of drug-likeness (QED) is 0.0146. The summed E-state index contributed by atoms with van der Waals surface area (Å²) in [6, 6.07) is 45.9. The number of ether oxygens (including phenoxy) is 9. The standard InChI is InChI=1S/C40H50N2O8.C34H42N2O7.C6H9ClO/c1-27-18-34(47-22-28-12-8-6-9-13-28)35(48-23-29-14-10-7-11-15-29)19-32(27)37(44)49-25-31(50-38(45)33-20-39(33,2)3)21-42-40(4,5)26-41-36(43)30-16-17-46-24-30;1-24-16-30(41-19-25-10-6-4-7-11-25)31(42-20-26-12-8-5-9-13-26)17-29(24)33(39)43-22-28(37)18-36-34(2,3)23-35-32(38)27-14-15-40-21-27;1-6(2)3-4(6)5(7)8/h6-15,18-19,30-31,33,42H,16-17,20-26H2,1-5H3,(H,41,43);4-13,16-17,27-28,36-37H,14-15,18-23H2,1-3H3,(H,35,38);4H,3H2,1-2H3. The molecule has 0 aromatic heterocycles. The minimum absolute atomic E-state index is 0.0270. The highest BCUT2D eigenvalue weighted by atomic mass is 35.5. The summed E-state index contributed by atoms with van der Waals surface area (Å²) in [7, 11) is 0. The largest absolute Gasteiger partial charge is 0.485 e. The van der Waals surface area contributed by atoms with Crippen LogP contribution in [0.25, 0.3) is 0 Å². The summed E-state index contributed by atoms with van der Waals surface area (Å²) in [5, 5.41) is 22.9. The highest BCUT2D eigenvalue weighted by Crippen LogP contribution is 2.53. The average Bonchev–Trinajstić information content (AvgIpc) is 1.61. The van der Waals surface area contributed by atoms with Gasteiger partial charge in [-0.05, 0) is 147 Å². The lowest BCUT2D eigenvalue weighted by molar-refractivity contribution is -0.153. The molecule has 4 fully saturated rings. The van der Waals surface area contributed by atoms with Crippen molar-refractivity contribution in [2.24, 2.45) is 34.5 Å². The van der Waals surface area contributed by atoms with E-state index in [0.717, 1.165) is 41.5 Å². The minimum Gasteiger partial charge on any atom is -0.485 e. The Bertz CT molecular complexity index is 3670. The number of benzene rings is 6. The molecule has 4 aliphatic rings. The zero-order valence-electron chi connectivity index (χ0n) is 60.0. The van der Waals surface area contributed by atoms with Crippen molar-refractivity contribution in [3.05, 3.63) is 190 Å². The van der Waals surface area contributed by atoms with Gasteiger partial charge in [0.15, 0.2) is 23.0 Å². The van der Waals surface area contributed by atoms with Gasteiger partial charge < -0.3 is 69.0 Å². The van der Waals surface area contributed by atoms with Gasteiger partial charge in [0, 0.05) is 56.4 Å². The van der Waals surface area contributed by atoms with Gasteiger partial charge in [0.2, 0.25) is 17.1 Å². The van der Waals surface area contributed by atoms with E-state index in [4.69, 9.17) is 54.2 Å². The first-order valence-corrected chi connectivity index (χ1v) is 35.1. The number of halogens is 1. The number of nitrogens with one attached hydrogen (secondary N) is 4. The van der Waals surface area contributed by atoms with Crippen LogP contribution in [-0.4, -0.2) is 129 Å². The van der Waals surface area contributed by atoms with Crippen molar-refractivity contribution in [2.45, 2.75) is 145 Å². The minimum atomic E-state index is -0.940. The third-order valence-electron chi connectivity index (χ3n) is 18.3. The van der Waals surface area contributed by atoms with E-state index in [0.29, 0.717) is 111 Å². The van der Waals surface area contributed by atoms with Crippen LogP contribution in [-0.2, 0) is 69.3 Å². The lowest BCUT2D eigenvalue weighted by atomic mass is 10.0. The number of hydrogen-bond acceptors (Lipinski definition) is 18. The van der Waals surface area contributed by atoms with Gasteiger partial charge in [0.1, 0.15) is 51.8 Å². The van der Waals surface area contributed by atoms with E-state index in [9.17, 15) is 33.9 Å². The second kappa shape index (κ2) is 37.0. The van der Waals surface area contributed by atoms with Crippen molar-refractivity contribution in [3.63, 3.8) is 0 Å². The van der Waals surface area contributed by atoms with Crippen LogP contribution >= 0.6 is 11.6 Å². The average molecular weight is 1410 g/mol. The number of rotatable bonds is 33. The molecule has 5 N–H and O–H groups in total. The Kier molecular flexibility index (Phi) is 28.7. The van der Waals surface area contributed by atoms with E-state index in [1.165, 1.54) is 0 Å². The maximum absolute atomic E-state index is 13.6. The SMILES string of the molecule is CC1(C)CC1C(=O)Cl.Cc1cc(OCc2ccccc2)c(OCc2ccccc2)cc1C(=O)OCC(CNC(C)(C)CNC(=O)C1CCOC1)OC(=O)C1CC1(C)C.Cc1cc(OCc2ccccc2)c(OCc2ccccc2)cc1C(=O)OCC(O)CNC(C)(C)CNC(=O)C1CCOC1. The molecule has 10 rings (SSSR count). The predicted octanol–water partition coefficient (Wildman–Crippen LogP) is 11.8. The second-order valence-electron chi connectivity index (χ2n) is 29.1. The van der Waals surface area contributed by atoms with Gasteiger partial charge in [-0.3, -0.25) is 19.2 Å². The van der Waals surface area contributed by atoms with Crippen molar-refractivity contribution >= 4 is 46.6 Å². The summed E-state index contributed by atoms with van der Waals surface area (Å²) < 4.78 is 52.4. The van der Waals surface area contributed by atoms with E-state index in [-0.39, 0.29) is 90.4 Å². The Hall–Kier alpha value is -8.37. The van der Waals surface area contributed by atoms with E-state index in [2.05, 4.69) is 35.1 Å². The third-order valence-corrected chi connectivity index (χ3v) is 18.5. The monoisotopic (exact) mass is 1410 g/mol. The number of aryl methyl sites for hydroxylation is 2. The maximum atomic E-state index is 13.6. The van der Waals surface area contributed by atoms with Crippen LogP contribution in [0, 0.1) is 48.3 Å². The molecule has 0 spiro atoms. The number of β-amino-alcohol motifs (C(OH)–C–C–N with tert-alkyl or cyclic N) is 1. The molecule has 2 aliphatic carbocycles. The van der Waals surface area contributed by atoms with Gasteiger partial charge >= 0.3 is 17.9 Å². The first-order chi connectivity index (χ1) is 48.1. The smallest absolute Gasteiger partial charge is 0.338 e. The van der Waals surface area contributed by atoms with E-state index in [1.54, 1.807) is 31.2 Å². The van der Waals surface area contributed by atoms with Crippen LogP contribution in [0.1, 0.15) is 135 Å². The van der Waals surface area contributed by atoms with Crippen molar-refractivity contribution in [2.75, 3.05) is 65.8 Å². The van der Waals surface area contributed by atoms with E-state index < -0.39 is 35.2 Å². The van der Waals surface area contributed by atoms with Crippen molar-refractivity contribution in [3.8, 4) is 23.0 Å². The molecule has 6 unspecified atom stereocenters. The number of amides is 2. The fourth-order valence-corrected chi connectivity index (χ4v) is 11.5. The first-order valence-electron chi connectivity index (χ1n) is 34.7. The maximum Gasteiger partial charge on any atom is 0.338 e. The van der Waals surface area contributed by atoms with Crippen molar-refractivity contribution in [1.82, 2.24) is 21.3 Å². The first kappa shape index (κ1) is 78.4. The van der Waals surface area contributed by atoms with Crippen molar-refractivity contribution in [1.29, 1.82) is 0 Å². The fourth-order valence-electron chi connectivity index (χ4n) is 11.1. The highest BCUT2D eigenvalue weighted by Gasteiger charge is 2.52. The number of esters is 3. The fraction of sp³-hybridized carbons (Fsp3) is 0.475. The van der Waals surface area contributed by atoms with E-state index in [1.807, 2.05) is 170 Å². The van der Waals surface area contributed by atoms with Crippen LogP contribution in [0.4, 0.5) is 0 Å². The molecule has 0 bridgehead atoms. The molecule has 6 aromatic rings. The molecule has 2 heterocycles. The molecule has 21 heteroatoms. The molecule has 2 aliphatic heterocycles. The number of aliphatic hydroxyl groups excluding tert-OH is 1. The van der Waals surface area contributed by atoms with E-state index >= 15 is 0 Å². The summed E-state index contributed by atoms with van der Waals surface area (Å²) in [4.78, 5) is 74.9. The van der Waals surface area contributed by atoms with Gasteiger partial charge in [-0.25, -0.2) is 9.59 Å². The normalized spacial score (nSPS) is 18.3. The molecule has 544 valence electrons. The topological polar surface area (TPSA) is 254 Å². The zero-order chi connectivity index (χ0) is 72.7.